The van der Waals surface area contributed by atoms with Crippen LogP contribution in [0.5, 0.6) is 0 Å². The maximum atomic E-state index is 12.6. The number of alkyl carbamates (subject to hydrolysis) is 1. The second-order valence-corrected chi connectivity index (χ2v) is 9.29. The summed E-state index contributed by atoms with van der Waals surface area (Å²) in [6.07, 6.45) is 1.98. The number of rotatable bonds is 9. The summed E-state index contributed by atoms with van der Waals surface area (Å²) >= 11 is 0. The van der Waals surface area contributed by atoms with Crippen LogP contribution >= 0.6 is 0 Å². The number of carbonyl (C=O) groups excluding carboxylic acids is 2. The van der Waals surface area contributed by atoms with Crippen molar-refractivity contribution in [3.8, 4) is 0 Å². The van der Waals surface area contributed by atoms with E-state index in [-0.39, 0.29) is 30.9 Å². The first-order chi connectivity index (χ1) is 13.2. The SMILES string of the molecule is CC(NC(=O)C(CCS(C)(=O)=O)NC(=O)OCc1ccccc1)C1CCCO1. The van der Waals surface area contributed by atoms with E-state index in [1.807, 2.05) is 37.3 Å². The van der Waals surface area contributed by atoms with Gasteiger partial charge in [0, 0.05) is 12.9 Å². The number of hydrogen-bond acceptors (Lipinski definition) is 6. The number of carbonyl (C=O) groups is 2. The highest BCUT2D eigenvalue weighted by Crippen LogP contribution is 2.15. The van der Waals surface area contributed by atoms with Gasteiger partial charge in [0.05, 0.1) is 17.9 Å². The quantitative estimate of drug-likeness (QED) is 0.634. The van der Waals surface area contributed by atoms with E-state index in [0.29, 0.717) is 6.61 Å². The molecular weight excluding hydrogens is 384 g/mol. The maximum absolute atomic E-state index is 12.6. The molecule has 1 fully saturated rings. The molecule has 2 amide bonds. The zero-order valence-corrected chi connectivity index (χ0v) is 17.0. The van der Waals surface area contributed by atoms with Crippen molar-refractivity contribution in [2.24, 2.45) is 0 Å². The van der Waals surface area contributed by atoms with E-state index in [1.54, 1.807) is 0 Å². The first kappa shape index (κ1) is 22.2. The lowest BCUT2D eigenvalue weighted by Gasteiger charge is -2.24. The Morgan fingerprint density at radius 3 is 2.57 bits per heavy atom. The smallest absolute Gasteiger partial charge is 0.408 e. The molecule has 2 N–H and O–H groups in total. The molecule has 1 aliphatic rings. The van der Waals surface area contributed by atoms with Gasteiger partial charge >= 0.3 is 6.09 Å². The van der Waals surface area contributed by atoms with Gasteiger partial charge in [0.25, 0.3) is 0 Å². The fourth-order valence-electron chi connectivity index (χ4n) is 2.92. The Hall–Kier alpha value is -2.13. The fraction of sp³-hybridized carbons (Fsp3) is 0.579. The highest BCUT2D eigenvalue weighted by atomic mass is 32.2. The third-order valence-electron chi connectivity index (χ3n) is 4.49. The number of hydrogen-bond donors (Lipinski definition) is 2. The highest BCUT2D eigenvalue weighted by Gasteiger charge is 2.28. The van der Waals surface area contributed by atoms with Gasteiger partial charge < -0.3 is 20.1 Å². The number of benzene rings is 1. The molecule has 1 aliphatic heterocycles. The van der Waals surface area contributed by atoms with Crippen LogP contribution in [0.4, 0.5) is 4.79 Å². The van der Waals surface area contributed by atoms with Gasteiger partial charge in [0.2, 0.25) is 5.91 Å². The van der Waals surface area contributed by atoms with Gasteiger partial charge in [-0.2, -0.15) is 0 Å². The van der Waals surface area contributed by atoms with Crippen molar-refractivity contribution < 1.29 is 27.5 Å². The lowest BCUT2D eigenvalue weighted by Crippen LogP contribution is -2.52. The number of ether oxygens (including phenoxy) is 2. The molecule has 156 valence electrons. The van der Waals surface area contributed by atoms with Gasteiger partial charge in [0.15, 0.2) is 0 Å². The number of sulfone groups is 1. The minimum absolute atomic E-state index is 0.0383. The van der Waals surface area contributed by atoms with Crippen LogP contribution in [0.1, 0.15) is 31.7 Å². The van der Waals surface area contributed by atoms with Crippen molar-refractivity contribution in [2.45, 2.75) is 51.0 Å². The predicted octanol–water partition coefficient (Wildman–Crippen LogP) is 1.40. The molecule has 0 saturated carbocycles. The average molecular weight is 413 g/mol. The summed E-state index contributed by atoms with van der Waals surface area (Å²) in [7, 11) is -3.28. The molecule has 0 radical (unpaired) electrons. The Balaban J connectivity index is 1.92. The molecule has 1 saturated heterocycles. The summed E-state index contributed by atoms with van der Waals surface area (Å²) in [4.78, 5) is 24.7. The van der Waals surface area contributed by atoms with Gasteiger partial charge in [-0.05, 0) is 31.7 Å². The molecule has 0 spiro atoms. The van der Waals surface area contributed by atoms with Crippen LogP contribution in [0.25, 0.3) is 0 Å². The minimum Gasteiger partial charge on any atom is -0.445 e. The predicted molar refractivity (Wildman–Crippen MR) is 104 cm³/mol. The van der Waals surface area contributed by atoms with E-state index in [4.69, 9.17) is 9.47 Å². The first-order valence-corrected chi connectivity index (χ1v) is 11.4. The van der Waals surface area contributed by atoms with Gasteiger partial charge in [-0.3, -0.25) is 4.79 Å². The Bertz CT molecular complexity index is 747. The number of nitrogens with one attached hydrogen (secondary N) is 2. The molecule has 28 heavy (non-hydrogen) atoms. The molecule has 9 heteroatoms. The zero-order valence-electron chi connectivity index (χ0n) is 16.2. The van der Waals surface area contributed by atoms with E-state index in [9.17, 15) is 18.0 Å². The van der Waals surface area contributed by atoms with Gasteiger partial charge in [-0.1, -0.05) is 30.3 Å². The van der Waals surface area contributed by atoms with E-state index in [0.717, 1.165) is 24.7 Å². The molecular formula is C19H28N2O6S. The standard InChI is InChI=1S/C19H28N2O6S/c1-14(17-9-6-11-26-17)20-18(22)16(10-12-28(2,24)25)21-19(23)27-13-15-7-4-3-5-8-15/h3-5,7-8,14,16-17H,6,9-13H2,1-2H3,(H,20,22)(H,21,23). The number of amides is 2. The van der Waals surface area contributed by atoms with Crippen LogP contribution in [-0.4, -0.2) is 57.2 Å². The summed E-state index contributed by atoms with van der Waals surface area (Å²) in [6.45, 7) is 2.54. The third kappa shape index (κ3) is 7.85. The normalized spacial score (nSPS) is 18.9. The molecule has 0 bridgehead atoms. The van der Waals surface area contributed by atoms with Gasteiger partial charge in [-0.25, -0.2) is 13.2 Å². The molecule has 2 rings (SSSR count). The summed E-state index contributed by atoms with van der Waals surface area (Å²) in [5.41, 5.74) is 0.807. The fourth-order valence-corrected chi connectivity index (χ4v) is 3.59. The first-order valence-electron chi connectivity index (χ1n) is 9.31. The topological polar surface area (TPSA) is 111 Å². The molecule has 3 atom stereocenters. The molecule has 1 aromatic carbocycles. The summed E-state index contributed by atoms with van der Waals surface area (Å²) in [5, 5.41) is 5.29. The van der Waals surface area contributed by atoms with Crippen molar-refractivity contribution in [3.63, 3.8) is 0 Å². The third-order valence-corrected chi connectivity index (χ3v) is 5.47. The van der Waals surface area contributed by atoms with Crippen molar-refractivity contribution in [2.75, 3.05) is 18.6 Å². The monoisotopic (exact) mass is 412 g/mol. The lowest BCUT2D eigenvalue weighted by atomic mass is 10.1. The van der Waals surface area contributed by atoms with Crippen molar-refractivity contribution in [1.29, 1.82) is 0 Å². The average Bonchev–Trinajstić information content (AvgIpc) is 3.18. The highest BCUT2D eigenvalue weighted by molar-refractivity contribution is 7.90. The van der Waals surface area contributed by atoms with Crippen LogP contribution in [0.2, 0.25) is 0 Å². The van der Waals surface area contributed by atoms with E-state index < -0.39 is 27.9 Å². The van der Waals surface area contributed by atoms with Crippen LogP contribution in [0.3, 0.4) is 0 Å². The molecule has 8 nitrogen and oxygen atoms in total. The summed E-state index contributed by atoms with van der Waals surface area (Å²) in [5.74, 6) is -0.679. The zero-order chi connectivity index (χ0) is 20.6. The van der Waals surface area contributed by atoms with Crippen LogP contribution in [0, 0.1) is 0 Å². The maximum Gasteiger partial charge on any atom is 0.408 e. The molecule has 0 aliphatic carbocycles. The largest absolute Gasteiger partial charge is 0.445 e. The van der Waals surface area contributed by atoms with Crippen molar-refractivity contribution in [3.05, 3.63) is 35.9 Å². The Morgan fingerprint density at radius 2 is 1.96 bits per heavy atom. The molecule has 1 heterocycles. The Labute approximate surface area is 165 Å². The van der Waals surface area contributed by atoms with E-state index in [2.05, 4.69) is 10.6 Å². The summed E-state index contributed by atoms with van der Waals surface area (Å²) in [6, 6.07) is 7.87. The Kier molecular flexibility index (Phi) is 8.25. The van der Waals surface area contributed by atoms with Crippen LogP contribution in [0.15, 0.2) is 30.3 Å². The van der Waals surface area contributed by atoms with E-state index in [1.165, 1.54) is 0 Å². The summed E-state index contributed by atoms with van der Waals surface area (Å²) < 4.78 is 33.7. The minimum atomic E-state index is -3.28. The molecule has 0 aromatic heterocycles. The van der Waals surface area contributed by atoms with Gasteiger partial charge in [-0.15, -0.1) is 0 Å². The second kappa shape index (κ2) is 10.4. The van der Waals surface area contributed by atoms with Crippen molar-refractivity contribution in [1.82, 2.24) is 10.6 Å². The van der Waals surface area contributed by atoms with Crippen LogP contribution < -0.4 is 10.6 Å². The van der Waals surface area contributed by atoms with E-state index >= 15 is 0 Å². The Morgan fingerprint density at radius 1 is 1.25 bits per heavy atom. The lowest BCUT2D eigenvalue weighted by molar-refractivity contribution is -0.124. The molecule has 1 aromatic rings. The van der Waals surface area contributed by atoms with Crippen molar-refractivity contribution >= 4 is 21.8 Å². The van der Waals surface area contributed by atoms with Gasteiger partial charge in [0.1, 0.15) is 22.5 Å². The second-order valence-electron chi connectivity index (χ2n) is 7.03. The van der Waals surface area contributed by atoms with Crippen LogP contribution in [-0.2, 0) is 30.7 Å². The molecule has 3 unspecified atom stereocenters.